The molecule has 6 heteroatoms. The first-order valence-corrected chi connectivity index (χ1v) is 7.61. The zero-order valence-corrected chi connectivity index (χ0v) is 12.7. The maximum Gasteiger partial charge on any atom is 0.308 e. The Morgan fingerprint density at radius 2 is 2.00 bits per heavy atom. The van der Waals surface area contributed by atoms with Crippen LogP contribution in [-0.2, 0) is 9.59 Å². The van der Waals surface area contributed by atoms with Crippen LogP contribution in [0.3, 0.4) is 0 Å². The van der Waals surface area contributed by atoms with Gasteiger partial charge in [-0.25, -0.2) is 4.98 Å². The normalized spacial score (nSPS) is 17.6. The molecule has 24 heavy (non-hydrogen) atoms. The van der Waals surface area contributed by atoms with E-state index in [0.29, 0.717) is 22.7 Å². The van der Waals surface area contributed by atoms with Crippen LogP contribution in [0, 0.1) is 5.92 Å². The maximum absolute atomic E-state index is 12.1. The van der Waals surface area contributed by atoms with Crippen LogP contribution in [0.5, 0.6) is 0 Å². The van der Waals surface area contributed by atoms with E-state index in [0.717, 1.165) is 5.56 Å². The van der Waals surface area contributed by atoms with Gasteiger partial charge in [0.25, 0.3) is 0 Å². The Morgan fingerprint density at radius 3 is 2.71 bits per heavy atom. The van der Waals surface area contributed by atoms with Gasteiger partial charge in [-0.3, -0.25) is 9.59 Å². The van der Waals surface area contributed by atoms with Gasteiger partial charge in [0.15, 0.2) is 5.58 Å². The number of amides is 1. The minimum Gasteiger partial charge on any atom is -0.481 e. The molecule has 1 unspecified atom stereocenters. The van der Waals surface area contributed by atoms with Gasteiger partial charge in [0.05, 0.1) is 5.92 Å². The van der Waals surface area contributed by atoms with E-state index in [-0.39, 0.29) is 18.9 Å². The number of benzene rings is 2. The van der Waals surface area contributed by atoms with Crippen LogP contribution in [0.15, 0.2) is 52.9 Å². The van der Waals surface area contributed by atoms with Crippen molar-refractivity contribution in [2.24, 2.45) is 5.92 Å². The molecule has 6 nitrogen and oxygen atoms in total. The number of aromatic nitrogens is 1. The van der Waals surface area contributed by atoms with Crippen molar-refractivity contribution in [2.75, 3.05) is 11.4 Å². The summed E-state index contributed by atoms with van der Waals surface area (Å²) in [5, 5.41) is 9.09. The van der Waals surface area contributed by atoms with E-state index in [1.54, 1.807) is 18.2 Å². The van der Waals surface area contributed by atoms with Gasteiger partial charge in [0.1, 0.15) is 5.52 Å². The molecule has 1 fully saturated rings. The first-order chi connectivity index (χ1) is 11.6. The SMILES string of the molecule is O=C(O)C1CC(=O)N(c2ccc3oc(-c4ccccc4)nc3c2)C1. The fourth-order valence-electron chi connectivity index (χ4n) is 2.91. The van der Waals surface area contributed by atoms with Crippen LogP contribution < -0.4 is 4.90 Å². The number of nitrogens with zero attached hydrogens (tertiary/aromatic N) is 2. The van der Waals surface area contributed by atoms with E-state index >= 15 is 0 Å². The summed E-state index contributed by atoms with van der Waals surface area (Å²) >= 11 is 0. The van der Waals surface area contributed by atoms with Crippen molar-refractivity contribution in [3.05, 3.63) is 48.5 Å². The lowest BCUT2D eigenvalue weighted by Crippen LogP contribution is -2.25. The second kappa shape index (κ2) is 5.49. The summed E-state index contributed by atoms with van der Waals surface area (Å²) in [6, 6.07) is 14.8. The minimum absolute atomic E-state index is 0.0292. The third-order valence-electron chi connectivity index (χ3n) is 4.18. The molecule has 0 bridgehead atoms. The van der Waals surface area contributed by atoms with Gasteiger partial charge in [0.2, 0.25) is 11.8 Å². The highest BCUT2D eigenvalue weighted by molar-refractivity contribution is 6.00. The Bertz CT molecular complexity index is 933. The van der Waals surface area contributed by atoms with Gasteiger partial charge in [-0.2, -0.15) is 0 Å². The molecule has 120 valence electrons. The number of carbonyl (C=O) groups excluding carboxylic acids is 1. The van der Waals surface area contributed by atoms with Gasteiger partial charge in [-0.1, -0.05) is 18.2 Å². The predicted octanol–water partition coefficient (Wildman–Crippen LogP) is 2.93. The van der Waals surface area contributed by atoms with Gasteiger partial charge in [-0.15, -0.1) is 0 Å². The molecule has 0 radical (unpaired) electrons. The number of hydrogen-bond donors (Lipinski definition) is 1. The summed E-state index contributed by atoms with van der Waals surface area (Å²) < 4.78 is 5.75. The van der Waals surface area contributed by atoms with Crippen molar-refractivity contribution >= 4 is 28.7 Å². The number of anilines is 1. The fraction of sp³-hybridized carbons (Fsp3) is 0.167. The number of aliphatic carboxylic acids is 1. The third kappa shape index (κ3) is 2.42. The molecule has 1 amide bonds. The number of carboxylic acids is 1. The van der Waals surface area contributed by atoms with E-state index in [4.69, 9.17) is 9.52 Å². The Kier molecular flexibility index (Phi) is 3.30. The number of rotatable bonds is 3. The zero-order valence-electron chi connectivity index (χ0n) is 12.7. The molecule has 1 aromatic heterocycles. The van der Waals surface area contributed by atoms with Crippen LogP contribution in [0.4, 0.5) is 5.69 Å². The van der Waals surface area contributed by atoms with Crippen molar-refractivity contribution in [3.63, 3.8) is 0 Å². The van der Waals surface area contributed by atoms with Gasteiger partial charge >= 0.3 is 5.97 Å². The summed E-state index contributed by atoms with van der Waals surface area (Å²) in [5.41, 5.74) is 2.78. The van der Waals surface area contributed by atoms with E-state index in [2.05, 4.69) is 4.98 Å². The Labute approximate surface area is 137 Å². The molecular formula is C18H14N2O4. The van der Waals surface area contributed by atoms with Crippen LogP contribution in [0.25, 0.3) is 22.6 Å². The summed E-state index contributed by atoms with van der Waals surface area (Å²) in [6.45, 7) is 0.184. The molecule has 1 saturated heterocycles. The molecular weight excluding hydrogens is 308 g/mol. The molecule has 1 aliphatic heterocycles. The molecule has 2 heterocycles. The van der Waals surface area contributed by atoms with Crippen LogP contribution in [0.1, 0.15) is 6.42 Å². The quantitative estimate of drug-likeness (QED) is 0.801. The van der Waals surface area contributed by atoms with Gasteiger partial charge in [0, 0.05) is 24.2 Å². The highest BCUT2D eigenvalue weighted by atomic mass is 16.4. The molecule has 2 aromatic carbocycles. The standard InChI is InChI=1S/C18H14N2O4/c21-16-8-12(18(22)23)10-20(16)13-6-7-15-14(9-13)19-17(24-15)11-4-2-1-3-5-11/h1-7,9,12H,8,10H2,(H,22,23). The summed E-state index contributed by atoms with van der Waals surface area (Å²) in [5.74, 6) is -1.28. The molecule has 4 rings (SSSR count). The lowest BCUT2D eigenvalue weighted by atomic mass is 10.1. The Balaban J connectivity index is 1.69. The molecule has 0 saturated carbocycles. The van der Waals surface area contributed by atoms with E-state index in [1.165, 1.54) is 4.90 Å². The van der Waals surface area contributed by atoms with Crippen molar-refractivity contribution in [1.82, 2.24) is 4.98 Å². The average molecular weight is 322 g/mol. The fourth-order valence-corrected chi connectivity index (χ4v) is 2.91. The van der Waals surface area contributed by atoms with Crippen LogP contribution >= 0.6 is 0 Å². The third-order valence-corrected chi connectivity index (χ3v) is 4.18. The smallest absolute Gasteiger partial charge is 0.308 e. The van der Waals surface area contributed by atoms with Crippen molar-refractivity contribution in [1.29, 1.82) is 0 Å². The van der Waals surface area contributed by atoms with E-state index in [9.17, 15) is 9.59 Å². The highest BCUT2D eigenvalue weighted by Gasteiger charge is 2.35. The number of hydrogen-bond acceptors (Lipinski definition) is 4. The van der Waals surface area contributed by atoms with E-state index < -0.39 is 11.9 Å². The van der Waals surface area contributed by atoms with Crippen LogP contribution in [-0.4, -0.2) is 28.5 Å². The second-order valence-corrected chi connectivity index (χ2v) is 5.78. The lowest BCUT2D eigenvalue weighted by molar-refractivity contribution is -0.141. The summed E-state index contributed by atoms with van der Waals surface area (Å²) in [7, 11) is 0. The Morgan fingerprint density at radius 1 is 1.21 bits per heavy atom. The molecule has 1 atom stereocenters. The molecule has 0 spiro atoms. The first-order valence-electron chi connectivity index (χ1n) is 7.61. The maximum atomic E-state index is 12.1. The molecule has 1 aliphatic rings. The molecule has 1 N–H and O–H groups in total. The van der Waals surface area contributed by atoms with Crippen molar-refractivity contribution < 1.29 is 19.1 Å². The van der Waals surface area contributed by atoms with Crippen molar-refractivity contribution in [2.45, 2.75) is 6.42 Å². The molecule has 3 aromatic rings. The number of fused-ring (bicyclic) bond motifs is 1. The van der Waals surface area contributed by atoms with Crippen molar-refractivity contribution in [3.8, 4) is 11.5 Å². The number of oxazole rings is 1. The summed E-state index contributed by atoms with van der Waals surface area (Å²) in [6.07, 6.45) is 0.0292. The largest absolute Gasteiger partial charge is 0.481 e. The predicted molar refractivity (Wildman–Crippen MR) is 87.5 cm³/mol. The topological polar surface area (TPSA) is 83.6 Å². The van der Waals surface area contributed by atoms with Gasteiger partial charge < -0.3 is 14.4 Å². The number of carboxylic acid groups (broad SMARTS) is 1. The van der Waals surface area contributed by atoms with Crippen LogP contribution in [0.2, 0.25) is 0 Å². The number of carbonyl (C=O) groups is 2. The first kappa shape index (κ1) is 14.4. The second-order valence-electron chi connectivity index (χ2n) is 5.78. The molecule has 0 aliphatic carbocycles. The summed E-state index contributed by atoms with van der Waals surface area (Å²) in [4.78, 5) is 29.1. The lowest BCUT2D eigenvalue weighted by Gasteiger charge is -2.15. The minimum atomic E-state index is -0.945. The van der Waals surface area contributed by atoms with E-state index in [1.807, 2.05) is 30.3 Å². The highest BCUT2D eigenvalue weighted by Crippen LogP contribution is 2.30. The monoisotopic (exact) mass is 322 g/mol. The zero-order chi connectivity index (χ0) is 16.7. The average Bonchev–Trinajstić information content (AvgIpc) is 3.18. The van der Waals surface area contributed by atoms with Gasteiger partial charge in [-0.05, 0) is 30.3 Å². The Hall–Kier alpha value is -3.15.